The number of hydrogen-bond donors (Lipinski definition) is 1. The third-order valence-electron chi connectivity index (χ3n) is 9.47. The van der Waals surface area contributed by atoms with Gasteiger partial charge in [0.1, 0.15) is 5.76 Å². The zero-order valence-electron chi connectivity index (χ0n) is 18.8. The van der Waals surface area contributed by atoms with Gasteiger partial charge in [-0.15, -0.1) is 0 Å². The van der Waals surface area contributed by atoms with Gasteiger partial charge in [-0.25, -0.2) is 0 Å². The van der Waals surface area contributed by atoms with E-state index >= 15 is 0 Å². The fourth-order valence-corrected chi connectivity index (χ4v) is 7.90. The topological polar surface area (TPSA) is 70.3 Å². The van der Waals surface area contributed by atoms with Gasteiger partial charge in [-0.1, -0.05) is 25.5 Å². The molecule has 0 aromatic rings. The fraction of sp³-hybridized carbons (Fsp3) is 0.760. The smallest absolute Gasteiger partial charge is 0.307 e. The Balaban J connectivity index is 1.78. The number of allylic oxidation sites excluding steroid dienone is 3. The summed E-state index contributed by atoms with van der Waals surface area (Å²) in [4.78, 5) is 11.7. The molecule has 4 heteroatoms. The van der Waals surface area contributed by atoms with Crippen LogP contribution in [0.15, 0.2) is 23.0 Å². The Labute approximate surface area is 175 Å². The molecule has 0 aliphatic heterocycles. The van der Waals surface area contributed by atoms with Crippen molar-refractivity contribution in [2.75, 3.05) is 0 Å². The lowest BCUT2D eigenvalue weighted by molar-refractivity contribution is -0.139. The number of fused-ring (bicyclic) bond motifs is 5. The molecule has 29 heavy (non-hydrogen) atoms. The monoisotopic (exact) mass is 397 g/mol. The summed E-state index contributed by atoms with van der Waals surface area (Å²) in [6.07, 6.45) is 8.14. The van der Waals surface area contributed by atoms with Crippen molar-refractivity contribution < 1.29 is 14.6 Å². The zero-order valence-corrected chi connectivity index (χ0v) is 18.8. The van der Waals surface area contributed by atoms with Crippen LogP contribution in [0, 0.1) is 45.3 Å². The minimum Gasteiger partial charge on any atom is -0.429 e. The highest BCUT2D eigenvalue weighted by Gasteiger charge is 2.63. The minimum absolute atomic E-state index is 0.0170. The molecule has 6 atom stereocenters. The van der Waals surface area contributed by atoms with Crippen LogP contribution >= 0.6 is 0 Å². The van der Waals surface area contributed by atoms with E-state index < -0.39 is 11.0 Å². The molecule has 4 aliphatic carbocycles. The van der Waals surface area contributed by atoms with Gasteiger partial charge in [-0.3, -0.25) is 4.79 Å². The Morgan fingerprint density at radius 2 is 1.83 bits per heavy atom. The summed E-state index contributed by atoms with van der Waals surface area (Å²) in [5.74, 6) is 1.75. The Morgan fingerprint density at radius 3 is 2.45 bits per heavy atom. The average molecular weight is 398 g/mol. The second-order valence-corrected chi connectivity index (χ2v) is 11.2. The molecule has 4 rings (SSSR count). The average Bonchev–Trinajstić information content (AvgIpc) is 2.86. The molecule has 0 bridgehead atoms. The predicted octanol–water partition coefficient (Wildman–Crippen LogP) is 5.29. The van der Waals surface area contributed by atoms with Crippen molar-refractivity contribution in [1.82, 2.24) is 0 Å². The number of esters is 1. The fourth-order valence-electron chi connectivity index (χ4n) is 7.90. The Hall–Kier alpha value is -1.60. The van der Waals surface area contributed by atoms with Crippen LogP contribution < -0.4 is 0 Å². The number of ether oxygens (including phenoxy) is 1. The van der Waals surface area contributed by atoms with Crippen LogP contribution in [-0.4, -0.2) is 16.7 Å². The van der Waals surface area contributed by atoms with Gasteiger partial charge in [0.25, 0.3) is 0 Å². The summed E-state index contributed by atoms with van der Waals surface area (Å²) in [5, 5.41) is 21.0. The number of hydrogen-bond acceptors (Lipinski definition) is 4. The van der Waals surface area contributed by atoms with Crippen LogP contribution in [-0.2, 0) is 9.53 Å². The Bertz CT molecular complexity index is 858. The van der Waals surface area contributed by atoms with Crippen molar-refractivity contribution in [3.8, 4) is 6.07 Å². The number of carbonyl (C=O) groups is 1. The number of nitriles is 1. The van der Waals surface area contributed by atoms with Crippen LogP contribution in [0.1, 0.15) is 80.1 Å². The highest BCUT2D eigenvalue weighted by Crippen LogP contribution is 2.69. The van der Waals surface area contributed by atoms with Crippen molar-refractivity contribution in [3.63, 3.8) is 0 Å². The van der Waals surface area contributed by atoms with Crippen LogP contribution in [0.4, 0.5) is 0 Å². The molecule has 1 N–H and O–H groups in total. The van der Waals surface area contributed by atoms with Crippen LogP contribution in [0.3, 0.4) is 0 Å². The summed E-state index contributed by atoms with van der Waals surface area (Å²) in [6, 6.07) is 2.37. The molecule has 0 heterocycles. The Kier molecular flexibility index (Phi) is 4.42. The number of nitrogens with zero attached hydrogens (tertiary/aromatic N) is 1. The van der Waals surface area contributed by atoms with Crippen LogP contribution in [0.2, 0.25) is 0 Å². The first-order chi connectivity index (χ1) is 13.4. The molecule has 0 unspecified atom stereocenters. The zero-order chi connectivity index (χ0) is 21.4. The molecule has 158 valence electrons. The maximum Gasteiger partial charge on any atom is 0.307 e. The van der Waals surface area contributed by atoms with Gasteiger partial charge < -0.3 is 9.84 Å². The lowest BCUT2D eigenvalue weighted by atomic mass is 9.44. The summed E-state index contributed by atoms with van der Waals surface area (Å²) in [5.41, 5.74) is 0.788. The van der Waals surface area contributed by atoms with Gasteiger partial charge in [0, 0.05) is 12.3 Å². The van der Waals surface area contributed by atoms with Crippen molar-refractivity contribution in [1.29, 1.82) is 5.26 Å². The molecule has 4 aliphatic rings. The van der Waals surface area contributed by atoms with Gasteiger partial charge in [0.2, 0.25) is 0 Å². The second-order valence-electron chi connectivity index (χ2n) is 11.2. The number of carbonyl (C=O) groups excluding carboxylic acids is 1. The summed E-state index contributed by atoms with van der Waals surface area (Å²) < 4.78 is 5.60. The van der Waals surface area contributed by atoms with E-state index in [0.717, 1.165) is 32.1 Å². The van der Waals surface area contributed by atoms with E-state index in [4.69, 9.17) is 4.74 Å². The van der Waals surface area contributed by atoms with E-state index in [1.54, 1.807) is 0 Å². The molecule has 0 aromatic heterocycles. The van der Waals surface area contributed by atoms with Gasteiger partial charge >= 0.3 is 5.97 Å². The molecule has 0 amide bonds. The quantitative estimate of drug-likeness (QED) is 0.482. The van der Waals surface area contributed by atoms with Gasteiger partial charge in [0.05, 0.1) is 17.2 Å². The molecular formula is C25H35NO3. The van der Waals surface area contributed by atoms with E-state index in [9.17, 15) is 15.2 Å². The minimum atomic E-state index is -0.584. The van der Waals surface area contributed by atoms with Crippen molar-refractivity contribution in [3.05, 3.63) is 23.0 Å². The van der Waals surface area contributed by atoms with Gasteiger partial charge in [-0.2, -0.15) is 5.26 Å². The molecule has 0 aromatic carbocycles. The molecule has 2 saturated carbocycles. The summed E-state index contributed by atoms with van der Waals surface area (Å²) in [7, 11) is 0. The maximum absolute atomic E-state index is 11.7. The maximum atomic E-state index is 11.7. The third kappa shape index (κ3) is 2.62. The lowest BCUT2D eigenvalue weighted by Gasteiger charge is -2.60. The van der Waals surface area contributed by atoms with Crippen molar-refractivity contribution in [2.24, 2.45) is 34.0 Å². The predicted molar refractivity (Wildman–Crippen MR) is 111 cm³/mol. The molecule has 0 spiro atoms. The van der Waals surface area contributed by atoms with Crippen molar-refractivity contribution >= 4 is 5.97 Å². The van der Waals surface area contributed by atoms with Crippen LogP contribution in [0.25, 0.3) is 0 Å². The van der Waals surface area contributed by atoms with E-state index in [1.165, 1.54) is 12.5 Å². The molecule has 4 nitrogen and oxygen atoms in total. The normalized spacial score (nSPS) is 45.4. The molecule has 0 radical (unpaired) electrons. The van der Waals surface area contributed by atoms with E-state index in [-0.39, 0.29) is 16.8 Å². The number of rotatable bonds is 1. The Morgan fingerprint density at radius 1 is 1.17 bits per heavy atom. The van der Waals surface area contributed by atoms with Gasteiger partial charge in [-0.05, 0) is 87.9 Å². The van der Waals surface area contributed by atoms with E-state index in [1.807, 2.05) is 6.92 Å². The SMILES string of the molecule is CC(=O)OC1=C(C#N)C[C@@]2(C)C(=CC[C@@H]3[C@@H]2CC[C@@]2(C)[C@H]3CC[C@]2(C)O)C1(C)C. The highest BCUT2D eigenvalue weighted by molar-refractivity contribution is 5.68. The first-order valence-electron chi connectivity index (χ1n) is 11.1. The third-order valence-corrected chi connectivity index (χ3v) is 9.47. The van der Waals surface area contributed by atoms with Crippen LogP contribution in [0.5, 0.6) is 0 Å². The molecule has 2 fully saturated rings. The first kappa shape index (κ1) is 20.7. The summed E-state index contributed by atoms with van der Waals surface area (Å²) >= 11 is 0. The highest BCUT2D eigenvalue weighted by atomic mass is 16.5. The van der Waals surface area contributed by atoms with Gasteiger partial charge in [0.15, 0.2) is 0 Å². The summed E-state index contributed by atoms with van der Waals surface area (Å²) in [6.45, 7) is 12.3. The largest absolute Gasteiger partial charge is 0.429 e. The molecular weight excluding hydrogens is 362 g/mol. The van der Waals surface area contributed by atoms with Crippen molar-refractivity contribution in [2.45, 2.75) is 85.7 Å². The molecule has 0 saturated heterocycles. The standard InChI is InChI=1S/C25H35NO3/c1-15(27)29-21-16(14-26)13-23(4)18-9-11-24(5)19(10-12-25(24,6)28)17(18)7-8-20(23)22(21,2)3/h8,17-19,28H,7,9-13H2,1-6H3/t17-,18+,19+,23-,24+,25+/m1/s1. The lowest BCUT2D eigenvalue weighted by Crippen LogP contribution is -2.55. The second kappa shape index (κ2) is 6.20. The van der Waals surface area contributed by atoms with E-state index in [0.29, 0.717) is 35.5 Å². The number of aliphatic hydroxyl groups is 1. The first-order valence-corrected chi connectivity index (χ1v) is 11.1. The van der Waals surface area contributed by atoms with E-state index in [2.05, 4.69) is 39.8 Å².